The molecule has 2 aliphatic rings. The number of amides is 1. The molecule has 0 spiro atoms. The van der Waals surface area contributed by atoms with Crippen molar-refractivity contribution < 1.29 is 9.53 Å². The van der Waals surface area contributed by atoms with Crippen LogP contribution in [0.2, 0.25) is 0 Å². The Bertz CT molecular complexity index is 684. The van der Waals surface area contributed by atoms with Crippen LogP contribution in [0.25, 0.3) is 0 Å². The Labute approximate surface area is 204 Å². The SMILES string of the molecule is CN(C)C(=O)CNC(=NCc1ccc(CN2CCCCC2)cc1)NCC1CCCO1.I. The molecule has 31 heavy (non-hydrogen) atoms. The highest BCUT2D eigenvalue weighted by Gasteiger charge is 2.16. The number of hydrogen-bond donors (Lipinski definition) is 2. The average molecular weight is 543 g/mol. The Morgan fingerprint density at radius 1 is 1.10 bits per heavy atom. The largest absolute Gasteiger partial charge is 0.376 e. The van der Waals surface area contributed by atoms with Crippen molar-refractivity contribution in [2.45, 2.75) is 51.3 Å². The van der Waals surface area contributed by atoms with Crippen LogP contribution in [-0.2, 0) is 22.6 Å². The summed E-state index contributed by atoms with van der Waals surface area (Å²) in [4.78, 5) is 20.7. The van der Waals surface area contributed by atoms with Gasteiger partial charge in [0, 0.05) is 33.8 Å². The average Bonchev–Trinajstić information content (AvgIpc) is 3.28. The molecular formula is C23H38IN5O2. The van der Waals surface area contributed by atoms with Crippen LogP contribution < -0.4 is 10.6 Å². The molecule has 0 saturated carbocycles. The predicted molar refractivity (Wildman–Crippen MR) is 136 cm³/mol. The number of likely N-dealkylation sites (tertiary alicyclic amines) is 1. The van der Waals surface area contributed by atoms with Crippen molar-refractivity contribution in [2.24, 2.45) is 4.99 Å². The zero-order chi connectivity index (χ0) is 21.2. The van der Waals surface area contributed by atoms with Crippen molar-refractivity contribution in [3.8, 4) is 0 Å². The molecule has 7 nitrogen and oxygen atoms in total. The van der Waals surface area contributed by atoms with E-state index in [0.717, 1.165) is 31.6 Å². The van der Waals surface area contributed by atoms with Gasteiger partial charge in [0.15, 0.2) is 5.96 Å². The number of benzene rings is 1. The van der Waals surface area contributed by atoms with Crippen LogP contribution >= 0.6 is 24.0 Å². The first-order valence-electron chi connectivity index (χ1n) is 11.2. The number of likely N-dealkylation sites (N-methyl/N-ethyl adjacent to an activating group) is 1. The van der Waals surface area contributed by atoms with Crippen LogP contribution in [0.5, 0.6) is 0 Å². The number of nitrogens with zero attached hydrogens (tertiary/aromatic N) is 3. The Kier molecular flexibility index (Phi) is 11.6. The molecule has 2 heterocycles. The van der Waals surface area contributed by atoms with Crippen molar-refractivity contribution >= 4 is 35.8 Å². The molecule has 2 aliphatic heterocycles. The molecule has 0 aromatic heterocycles. The number of guanidine groups is 1. The van der Waals surface area contributed by atoms with E-state index in [1.54, 1.807) is 19.0 Å². The van der Waals surface area contributed by atoms with Gasteiger partial charge in [-0.05, 0) is 49.9 Å². The maximum Gasteiger partial charge on any atom is 0.241 e. The summed E-state index contributed by atoms with van der Waals surface area (Å²) in [6, 6.07) is 8.74. The molecule has 8 heteroatoms. The minimum Gasteiger partial charge on any atom is -0.376 e. The van der Waals surface area contributed by atoms with Crippen LogP contribution in [0.4, 0.5) is 0 Å². The summed E-state index contributed by atoms with van der Waals surface area (Å²) in [6.45, 7) is 5.78. The van der Waals surface area contributed by atoms with Gasteiger partial charge in [-0.25, -0.2) is 4.99 Å². The van der Waals surface area contributed by atoms with E-state index in [-0.39, 0.29) is 42.5 Å². The second-order valence-corrected chi connectivity index (χ2v) is 8.48. The maximum atomic E-state index is 11.9. The summed E-state index contributed by atoms with van der Waals surface area (Å²) in [5, 5.41) is 6.47. The number of rotatable bonds is 8. The van der Waals surface area contributed by atoms with Gasteiger partial charge in [-0.15, -0.1) is 24.0 Å². The molecule has 174 valence electrons. The molecule has 3 rings (SSSR count). The molecule has 1 aromatic carbocycles. The number of piperidine rings is 1. The molecule has 1 atom stereocenters. The van der Waals surface area contributed by atoms with Gasteiger partial charge < -0.3 is 20.3 Å². The second-order valence-electron chi connectivity index (χ2n) is 8.48. The first-order chi connectivity index (χ1) is 14.6. The number of carbonyl (C=O) groups is 1. The molecular weight excluding hydrogens is 505 g/mol. The molecule has 0 aliphatic carbocycles. The van der Waals surface area contributed by atoms with E-state index >= 15 is 0 Å². The van der Waals surface area contributed by atoms with Crippen LogP contribution in [0.15, 0.2) is 29.3 Å². The third-order valence-corrected chi connectivity index (χ3v) is 5.72. The fourth-order valence-corrected chi connectivity index (χ4v) is 3.80. The third-order valence-electron chi connectivity index (χ3n) is 5.72. The fourth-order valence-electron chi connectivity index (χ4n) is 3.80. The standard InChI is InChI=1S/C23H37N5O2.HI/c1-27(2)22(29)17-26-23(25-16-21-7-6-14-30-21)24-15-19-8-10-20(11-9-19)18-28-12-4-3-5-13-28;/h8-11,21H,3-7,12-18H2,1-2H3,(H2,24,25,26);1H. The lowest BCUT2D eigenvalue weighted by Gasteiger charge is -2.26. The zero-order valence-corrected chi connectivity index (χ0v) is 21.3. The summed E-state index contributed by atoms with van der Waals surface area (Å²) < 4.78 is 5.68. The van der Waals surface area contributed by atoms with Gasteiger partial charge in [0.05, 0.1) is 19.2 Å². The summed E-state index contributed by atoms with van der Waals surface area (Å²) in [5.41, 5.74) is 2.52. The van der Waals surface area contributed by atoms with Gasteiger partial charge in [-0.2, -0.15) is 0 Å². The minimum atomic E-state index is 0. The number of ether oxygens (including phenoxy) is 1. The van der Waals surface area contributed by atoms with Crippen LogP contribution in [0, 0.1) is 0 Å². The van der Waals surface area contributed by atoms with Crippen molar-refractivity contribution in [2.75, 3.05) is 46.9 Å². The Morgan fingerprint density at radius 3 is 2.45 bits per heavy atom. The number of halogens is 1. The number of hydrogen-bond acceptors (Lipinski definition) is 4. The van der Waals surface area contributed by atoms with E-state index in [9.17, 15) is 4.79 Å². The lowest BCUT2D eigenvalue weighted by atomic mass is 10.1. The maximum absolute atomic E-state index is 11.9. The first kappa shape index (κ1) is 25.9. The Balaban J connectivity index is 0.00000341. The molecule has 1 unspecified atom stereocenters. The number of nitrogens with one attached hydrogen (secondary N) is 2. The van der Waals surface area contributed by atoms with Gasteiger partial charge in [-0.1, -0.05) is 30.7 Å². The van der Waals surface area contributed by atoms with Crippen LogP contribution in [0.1, 0.15) is 43.2 Å². The predicted octanol–water partition coefficient (Wildman–Crippen LogP) is 2.59. The normalized spacial score (nSPS) is 19.5. The highest BCUT2D eigenvalue weighted by Crippen LogP contribution is 2.14. The third kappa shape index (κ3) is 9.33. The van der Waals surface area contributed by atoms with Gasteiger partial charge in [0.25, 0.3) is 0 Å². The van der Waals surface area contributed by atoms with Crippen molar-refractivity contribution in [1.29, 1.82) is 0 Å². The summed E-state index contributed by atoms with van der Waals surface area (Å²) in [5.74, 6) is 0.668. The van der Waals surface area contributed by atoms with E-state index in [1.165, 1.54) is 37.9 Å². The highest BCUT2D eigenvalue weighted by atomic mass is 127. The molecule has 1 aromatic rings. The lowest BCUT2D eigenvalue weighted by molar-refractivity contribution is -0.127. The van der Waals surface area contributed by atoms with Gasteiger partial charge in [0.2, 0.25) is 5.91 Å². The molecule has 2 N–H and O–H groups in total. The quantitative estimate of drug-likeness (QED) is 0.300. The first-order valence-corrected chi connectivity index (χ1v) is 11.2. The lowest BCUT2D eigenvalue weighted by Crippen LogP contribution is -2.45. The fraction of sp³-hybridized carbons (Fsp3) is 0.652. The summed E-state index contributed by atoms with van der Waals surface area (Å²) in [7, 11) is 3.51. The molecule has 1 amide bonds. The second kappa shape index (κ2) is 13.9. The minimum absolute atomic E-state index is 0. The van der Waals surface area contributed by atoms with Gasteiger partial charge >= 0.3 is 0 Å². The monoisotopic (exact) mass is 543 g/mol. The molecule has 2 saturated heterocycles. The summed E-state index contributed by atoms with van der Waals surface area (Å²) >= 11 is 0. The van der Waals surface area contributed by atoms with Crippen molar-refractivity contribution in [3.63, 3.8) is 0 Å². The Morgan fingerprint density at radius 2 is 1.81 bits per heavy atom. The van der Waals surface area contributed by atoms with E-state index in [4.69, 9.17) is 4.74 Å². The van der Waals surface area contributed by atoms with E-state index in [2.05, 4.69) is 44.8 Å². The van der Waals surface area contributed by atoms with E-state index < -0.39 is 0 Å². The summed E-state index contributed by atoms with van der Waals surface area (Å²) in [6.07, 6.45) is 6.39. The highest BCUT2D eigenvalue weighted by molar-refractivity contribution is 14.0. The van der Waals surface area contributed by atoms with Gasteiger partial charge in [0.1, 0.15) is 0 Å². The molecule has 2 fully saturated rings. The smallest absolute Gasteiger partial charge is 0.241 e. The van der Waals surface area contributed by atoms with E-state index in [1.807, 2.05) is 0 Å². The topological polar surface area (TPSA) is 69.2 Å². The van der Waals surface area contributed by atoms with Gasteiger partial charge in [-0.3, -0.25) is 9.69 Å². The van der Waals surface area contributed by atoms with E-state index in [0.29, 0.717) is 19.0 Å². The van der Waals surface area contributed by atoms with Crippen molar-refractivity contribution in [3.05, 3.63) is 35.4 Å². The van der Waals surface area contributed by atoms with Crippen molar-refractivity contribution in [1.82, 2.24) is 20.4 Å². The number of aliphatic imine (C=N–C) groups is 1. The van der Waals surface area contributed by atoms with Crippen LogP contribution in [0.3, 0.4) is 0 Å². The van der Waals surface area contributed by atoms with Crippen LogP contribution in [-0.4, -0.2) is 74.7 Å². The molecule has 0 bridgehead atoms. The molecule has 0 radical (unpaired) electrons. The number of carbonyl (C=O) groups excluding carboxylic acids is 1. The zero-order valence-electron chi connectivity index (χ0n) is 18.9. The Hall–Kier alpha value is -1.39.